The van der Waals surface area contributed by atoms with Gasteiger partial charge in [-0.15, -0.1) is 11.8 Å². The smallest absolute Gasteiger partial charge is 0.0544 e. The van der Waals surface area contributed by atoms with Crippen LogP contribution in [0.1, 0.15) is 39.2 Å². The van der Waals surface area contributed by atoms with Gasteiger partial charge in [-0.05, 0) is 48.6 Å². The van der Waals surface area contributed by atoms with Crippen molar-refractivity contribution in [3.8, 4) is 0 Å². The molecule has 1 unspecified atom stereocenters. The number of rotatable bonds is 7. The number of thioether (sulfide) groups is 1. The van der Waals surface area contributed by atoms with Crippen molar-refractivity contribution in [2.45, 2.75) is 51.0 Å². The third kappa shape index (κ3) is 5.64. The summed E-state index contributed by atoms with van der Waals surface area (Å²) in [5.41, 5.74) is 7.20. The first kappa shape index (κ1) is 15.9. The van der Waals surface area contributed by atoms with E-state index in [1.54, 1.807) is 0 Å². The van der Waals surface area contributed by atoms with Crippen molar-refractivity contribution in [3.05, 3.63) is 28.8 Å². The molecule has 0 bridgehead atoms. The van der Waals surface area contributed by atoms with Gasteiger partial charge in [-0.2, -0.15) is 0 Å². The van der Waals surface area contributed by atoms with Crippen molar-refractivity contribution in [1.82, 2.24) is 0 Å². The van der Waals surface area contributed by atoms with Crippen LogP contribution < -0.4 is 5.73 Å². The molecule has 1 rings (SSSR count). The van der Waals surface area contributed by atoms with Crippen LogP contribution in [0.5, 0.6) is 0 Å². The fourth-order valence-corrected chi connectivity index (χ4v) is 3.18. The summed E-state index contributed by atoms with van der Waals surface area (Å²) in [6, 6.07) is 6.58. The molecule has 0 fully saturated rings. The summed E-state index contributed by atoms with van der Waals surface area (Å²) in [7, 11) is 0. The highest BCUT2D eigenvalue weighted by Gasteiger charge is 2.06. The van der Waals surface area contributed by atoms with E-state index < -0.39 is 0 Å². The first-order chi connectivity index (χ1) is 8.52. The van der Waals surface area contributed by atoms with Crippen molar-refractivity contribution < 1.29 is 0 Å². The lowest BCUT2D eigenvalue weighted by Gasteiger charge is -2.11. The molecule has 0 aliphatic rings. The summed E-state index contributed by atoms with van der Waals surface area (Å²) < 4.78 is 0. The average molecular weight is 286 g/mol. The number of halogens is 1. The van der Waals surface area contributed by atoms with E-state index in [1.165, 1.54) is 16.9 Å². The molecule has 102 valence electrons. The normalized spacial score (nSPS) is 13.0. The number of benzene rings is 1. The molecule has 0 spiro atoms. The largest absolute Gasteiger partial charge is 0.327 e. The Morgan fingerprint density at radius 3 is 2.61 bits per heavy atom. The first-order valence-electron chi connectivity index (χ1n) is 6.69. The maximum Gasteiger partial charge on any atom is 0.0544 e. The van der Waals surface area contributed by atoms with E-state index in [9.17, 15) is 0 Å². The van der Waals surface area contributed by atoms with Crippen LogP contribution in [0.3, 0.4) is 0 Å². The Hall–Kier alpha value is -0.180. The van der Waals surface area contributed by atoms with E-state index >= 15 is 0 Å². The predicted molar refractivity (Wildman–Crippen MR) is 83.6 cm³/mol. The lowest BCUT2D eigenvalue weighted by molar-refractivity contribution is 0.632. The molecule has 0 heterocycles. The molecule has 1 aromatic rings. The molecular formula is C15H24ClNS. The van der Waals surface area contributed by atoms with Crippen molar-refractivity contribution >= 4 is 23.4 Å². The monoisotopic (exact) mass is 285 g/mol. The standard InChI is InChI=1S/C15H24ClNS/c1-4-13(17)9-12-5-6-15(14(16)10-12)18-8-7-11(2)3/h5-6,10-11,13H,4,7-9,17H2,1-3H3. The van der Waals surface area contributed by atoms with Crippen molar-refractivity contribution in [1.29, 1.82) is 0 Å². The predicted octanol–water partition coefficient (Wildman–Crippen LogP) is 4.76. The van der Waals surface area contributed by atoms with Gasteiger partial charge in [0, 0.05) is 10.9 Å². The second kappa shape index (κ2) is 8.08. The number of hydrogen-bond donors (Lipinski definition) is 1. The lowest BCUT2D eigenvalue weighted by Crippen LogP contribution is -2.21. The molecular weight excluding hydrogens is 262 g/mol. The summed E-state index contributed by atoms with van der Waals surface area (Å²) in [6.07, 6.45) is 3.14. The Labute approximate surface area is 120 Å². The van der Waals surface area contributed by atoms with Gasteiger partial charge in [-0.25, -0.2) is 0 Å². The summed E-state index contributed by atoms with van der Waals surface area (Å²) >= 11 is 8.16. The topological polar surface area (TPSA) is 26.0 Å². The summed E-state index contributed by atoms with van der Waals surface area (Å²) in [4.78, 5) is 1.19. The zero-order valence-electron chi connectivity index (χ0n) is 11.6. The second-order valence-electron chi connectivity index (χ2n) is 5.17. The molecule has 0 saturated heterocycles. The van der Waals surface area contributed by atoms with Gasteiger partial charge < -0.3 is 5.73 Å². The van der Waals surface area contributed by atoms with Crippen LogP contribution in [0.4, 0.5) is 0 Å². The lowest BCUT2D eigenvalue weighted by atomic mass is 10.1. The van der Waals surface area contributed by atoms with Gasteiger partial charge in [-0.1, -0.05) is 38.4 Å². The Balaban J connectivity index is 2.56. The minimum Gasteiger partial charge on any atom is -0.327 e. The summed E-state index contributed by atoms with van der Waals surface area (Å²) in [6.45, 7) is 6.61. The van der Waals surface area contributed by atoms with Gasteiger partial charge in [0.2, 0.25) is 0 Å². The minimum absolute atomic E-state index is 0.237. The zero-order chi connectivity index (χ0) is 13.5. The van der Waals surface area contributed by atoms with Crippen LogP contribution in [0.15, 0.2) is 23.1 Å². The molecule has 1 aromatic carbocycles. The highest BCUT2D eigenvalue weighted by Crippen LogP contribution is 2.29. The molecule has 0 saturated carbocycles. The van der Waals surface area contributed by atoms with Crippen LogP contribution in [0, 0.1) is 5.92 Å². The third-order valence-electron chi connectivity index (χ3n) is 2.97. The number of hydrogen-bond acceptors (Lipinski definition) is 2. The van der Waals surface area contributed by atoms with Gasteiger partial charge in [0.1, 0.15) is 0 Å². The Kier molecular flexibility index (Phi) is 7.13. The van der Waals surface area contributed by atoms with Crippen LogP contribution in [-0.4, -0.2) is 11.8 Å². The highest BCUT2D eigenvalue weighted by molar-refractivity contribution is 7.99. The molecule has 1 nitrogen and oxygen atoms in total. The van der Waals surface area contributed by atoms with Crippen LogP contribution in [-0.2, 0) is 6.42 Å². The molecule has 0 aliphatic carbocycles. The molecule has 3 heteroatoms. The van der Waals surface area contributed by atoms with Crippen LogP contribution in [0.2, 0.25) is 5.02 Å². The molecule has 0 aliphatic heterocycles. The van der Waals surface area contributed by atoms with Gasteiger partial charge in [0.25, 0.3) is 0 Å². The fraction of sp³-hybridized carbons (Fsp3) is 0.600. The highest BCUT2D eigenvalue weighted by atomic mass is 35.5. The zero-order valence-corrected chi connectivity index (χ0v) is 13.2. The Bertz CT molecular complexity index is 366. The maximum atomic E-state index is 6.31. The Morgan fingerprint density at radius 2 is 2.06 bits per heavy atom. The maximum absolute atomic E-state index is 6.31. The van der Waals surface area contributed by atoms with E-state index in [-0.39, 0.29) is 6.04 Å². The van der Waals surface area contributed by atoms with Gasteiger partial charge in [-0.3, -0.25) is 0 Å². The molecule has 0 aromatic heterocycles. The van der Waals surface area contributed by atoms with Gasteiger partial charge in [0.05, 0.1) is 5.02 Å². The molecule has 1 atom stereocenters. The van der Waals surface area contributed by atoms with Gasteiger partial charge >= 0.3 is 0 Å². The quantitative estimate of drug-likeness (QED) is 0.731. The Morgan fingerprint density at radius 1 is 1.33 bits per heavy atom. The summed E-state index contributed by atoms with van der Waals surface area (Å²) in [5, 5.41) is 0.865. The van der Waals surface area contributed by atoms with E-state index in [2.05, 4.69) is 39.0 Å². The SMILES string of the molecule is CCC(N)Cc1ccc(SCCC(C)C)c(Cl)c1. The van der Waals surface area contributed by atoms with E-state index in [0.717, 1.165) is 29.5 Å². The second-order valence-corrected chi connectivity index (χ2v) is 6.71. The molecule has 0 amide bonds. The van der Waals surface area contributed by atoms with Gasteiger partial charge in [0.15, 0.2) is 0 Å². The van der Waals surface area contributed by atoms with E-state index in [4.69, 9.17) is 17.3 Å². The first-order valence-corrected chi connectivity index (χ1v) is 8.06. The third-order valence-corrected chi connectivity index (χ3v) is 4.50. The van der Waals surface area contributed by atoms with Crippen LogP contribution >= 0.6 is 23.4 Å². The van der Waals surface area contributed by atoms with Crippen molar-refractivity contribution in [2.24, 2.45) is 11.7 Å². The molecule has 18 heavy (non-hydrogen) atoms. The van der Waals surface area contributed by atoms with Crippen molar-refractivity contribution in [2.75, 3.05) is 5.75 Å². The molecule has 0 radical (unpaired) electrons. The van der Waals surface area contributed by atoms with Crippen LogP contribution in [0.25, 0.3) is 0 Å². The molecule has 2 N–H and O–H groups in total. The number of nitrogens with two attached hydrogens (primary N) is 1. The van der Waals surface area contributed by atoms with E-state index in [1.807, 2.05) is 11.8 Å². The average Bonchev–Trinajstić information content (AvgIpc) is 2.31. The minimum atomic E-state index is 0.237. The van der Waals surface area contributed by atoms with E-state index in [0.29, 0.717) is 0 Å². The summed E-state index contributed by atoms with van der Waals surface area (Å²) in [5.74, 6) is 1.88. The fourth-order valence-electron chi connectivity index (χ4n) is 1.64. The van der Waals surface area contributed by atoms with Crippen molar-refractivity contribution in [3.63, 3.8) is 0 Å².